The first-order valence-electron chi connectivity index (χ1n) is 7.71. The van der Waals surface area contributed by atoms with Gasteiger partial charge in [0.15, 0.2) is 17.5 Å². The van der Waals surface area contributed by atoms with Gasteiger partial charge in [-0.05, 0) is 26.0 Å². The second kappa shape index (κ2) is 5.72. The number of rotatable bonds is 3. The fourth-order valence-corrected chi connectivity index (χ4v) is 3.01. The summed E-state index contributed by atoms with van der Waals surface area (Å²) in [4.78, 5) is 12.7. The topological polar surface area (TPSA) is 58.3 Å². The van der Waals surface area contributed by atoms with Crippen LogP contribution in [-0.2, 0) is 0 Å². The molecule has 0 radical (unpaired) electrons. The van der Waals surface area contributed by atoms with Crippen LogP contribution >= 0.6 is 11.6 Å². The maximum Gasteiger partial charge on any atom is 0.245 e. The Hall–Kier alpha value is -1.73. The molecule has 3 heterocycles. The van der Waals surface area contributed by atoms with Gasteiger partial charge in [-0.3, -0.25) is 4.90 Å². The minimum absolute atomic E-state index is 0.0689. The van der Waals surface area contributed by atoms with E-state index in [1.165, 1.54) is 12.3 Å². The zero-order chi connectivity index (χ0) is 16.0. The highest BCUT2D eigenvalue weighted by Crippen LogP contribution is 2.39. The van der Waals surface area contributed by atoms with E-state index in [1.807, 2.05) is 11.9 Å². The smallest absolute Gasteiger partial charge is 0.245 e. The lowest BCUT2D eigenvalue weighted by Gasteiger charge is -2.38. The fourth-order valence-electron chi connectivity index (χ4n) is 2.86. The van der Waals surface area contributed by atoms with E-state index in [1.54, 1.807) is 0 Å². The maximum absolute atomic E-state index is 14.1. The van der Waals surface area contributed by atoms with Gasteiger partial charge in [0.25, 0.3) is 0 Å². The summed E-state index contributed by atoms with van der Waals surface area (Å²) in [5.74, 6) is 1.74. The third-order valence-corrected chi connectivity index (χ3v) is 4.63. The summed E-state index contributed by atoms with van der Waals surface area (Å²) in [6.07, 6.45) is 3.72. The molecule has 122 valence electrons. The monoisotopic (exact) mass is 337 g/mol. The summed E-state index contributed by atoms with van der Waals surface area (Å²) in [6.45, 7) is 1.99. The molecule has 23 heavy (non-hydrogen) atoms. The van der Waals surface area contributed by atoms with Crippen LogP contribution in [0.25, 0.3) is 0 Å². The number of halogens is 2. The summed E-state index contributed by atoms with van der Waals surface area (Å²) in [7, 11) is 2.01. The molecule has 0 aromatic carbocycles. The molecule has 2 aliphatic rings. The number of pyridine rings is 1. The predicted molar refractivity (Wildman–Crippen MR) is 83.1 cm³/mol. The standard InChI is InChI=1S/C15H17ClFN5O/c1-21-4-5-22(14-11(17)6-10(16)7-18-14)8-12(21)15-19-13(20-23-15)9-2-3-9/h6-7,9,12H,2-5,8H2,1H3/t12-/m1/s1. The van der Waals surface area contributed by atoms with Crippen LogP contribution in [-0.4, -0.2) is 46.7 Å². The van der Waals surface area contributed by atoms with Gasteiger partial charge in [-0.2, -0.15) is 4.98 Å². The molecule has 2 fully saturated rings. The highest BCUT2D eigenvalue weighted by atomic mass is 35.5. The first-order chi connectivity index (χ1) is 11.1. The predicted octanol–water partition coefficient (Wildman–Crippen LogP) is 2.63. The molecule has 0 spiro atoms. The van der Waals surface area contributed by atoms with Crippen LogP contribution in [0.3, 0.4) is 0 Å². The van der Waals surface area contributed by atoms with E-state index in [9.17, 15) is 4.39 Å². The van der Waals surface area contributed by atoms with Crippen molar-refractivity contribution in [1.82, 2.24) is 20.0 Å². The number of nitrogens with zero attached hydrogens (tertiary/aromatic N) is 5. The average molecular weight is 338 g/mol. The molecule has 0 N–H and O–H groups in total. The van der Waals surface area contributed by atoms with Gasteiger partial charge in [0.2, 0.25) is 5.89 Å². The molecular formula is C15H17ClFN5O. The molecule has 0 bridgehead atoms. The van der Waals surface area contributed by atoms with Crippen LogP contribution in [0.5, 0.6) is 0 Å². The SMILES string of the molecule is CN1CCN(c2ncc(Cl)cc2F)C[C@@H]1c1nc(C2CC2)no1. The number of piperazine rings is 1. The lowest BCUT2D eigenvalue weighted by atomic mass is 10.1. The molecule has 1 aliphatic carbocycles. The Kier molecular flexibility index (Phi) is 3.69. The van der Waals surface area contributed by atoms with Crippen molar-refractivity contribution in [3.63, 3.8) is 0 Å². The Morgan fingerprint density at radius 3 is 2.91 bits per heavy atom. The first kappa shape index (κ1) is 14.8. The maximum atomic E-state index is 14.1. The van der Waals surface area contributed by atoms with Crippen molar-refractivity contribution in [2.45, 2.75) is 24.8 Å². The minimum Gasteiger partial charge on any atom is -0.351 e. The van der Waals surface area contributed by atoms with Crippen LogP contribution in [0.2, 0.25) is 5.02 Å². The number of hydrogen-bond acceptors (Lipinski definition) is 6. The Labute approximate surface area is 138 Å². The van der Waals surface area contributed by atoms with Crippen molar-refractivity contribution in [2.24, 2.45) is 0 Å². The Balaban J connectivity index is 1.57. The van der Waals surface area contributed by atoms with Crippen molar-refractivity contribution in [1.29, 1.82) is 0 Å². The molecule has 6 nitrogen and oxygen atoms in total. The van der Waals surface area contributed by atoms with Crippen molar-refractivity contribution in [3.05, 3.63) is 34.8 Å². The van der Waals surface area contributed by atoms with Crippen molar-refractivity contribution in [3.8, 4) is 0 Å². The summed E-state index contributed by atoms with van der Waals surface area (Å²) in [5.41, 5.74) is 0. The van der Waals surface area contributed by atoms with Crippen LogP contribution in [0.1, 0.15) is 36.5 Å². The number of aromatic nitrogens is 3. The summed E-state index contributed by atoms with van der Waals surface area (Å²) < 4.78 is 19.6. The van der Waals surface area contributed by atoms with Gasteiger partial charge in [0.05, 0.1) is 5.02 Å². The van der Waals surface area contributed by atoms with Crippen LogP contribution in [0.15, 0.2) is 16.8 Å². The van der Waals surface area contributed by atoms with Crippen molar-refractivity contribution in [2.75, 3.05) is 31.6 Å². The molecular weight excluding hydrogens is 321 g/mol. The van der Waals surface area contributed by atoms with Crippen molar-refractivity contribution >= 4 is 17.4 Å². The number of anilines is 1. The lowest BCUT2D eigenvalue weighted by Crippen LogP contribution is -2.47. The summed E-state index contributed by atoms with van der Waals surface area (Å²) >= 11 is 5.78. The lowest BCUT2D eigenvalue weighted by molar-refractivity contribution is 0.177. The Bertz CT molecular complexity index is 720. The molecule has 0 amide bonds. The van der Waals surface area contributed by atoms with E-state index in [0.29, 0.717) is 35.7 Å². The molecule has 8 heteroatoms. The van der Waals surface area contributed by atoms with Gasteiger partial charge in [-0.15, -0.1) is 0 Å². The van der Waals surface area contributed by atoms with E-state index in [-0.39, 0.29) is 6.04 Å². The van der Waals surface area contributed by atoms with Gasteiger partial charge in [-0.1, -0.05) is 16.8 Å². The largest absolute Gasteiger partial charge is 0.351 e. The van der Waals surface area contributed by atoms with Crippen LogP contribution < -0.4 is 4.90 Å². The summed E-state index contributed by atoms with van der Waals surface area (Å²) in [5, 5.41) is 4.37. The van der Waals surface area contributed by atoms with Gasteiger partial charge in [-0.25, -0.2) is 9.37 Å². The zero-order valence-electron chi connectivity index (χ0n) is 12.7. The quantitative estimate of drug-likeness (QED) is 0.858. The van der Waals surface area contributed by atoms with Gasteiger partial charge >= 0.3 is 0 Å². The molecule has 0 unspecified atom stereocenters. The Morgan fingerprint density at radius 1 is 1.35 bits per heavy atom. The van der Waals surface area contributed by atoms with Crippen LogP contribution in [0, 0.1) is 5.82 Å². The van der Waals surface area contributed by atoms with E-state index in [0.717, 1.165) is 25.2 Å². The van der Waals surface area contributed by atoms with E-state index >= 15 is 0 Å². The van der Waals surface area contributed by atoms with Gasteiger partial charge in [0, 0.05) is 31.7 Å². The molecule has 4 rings (SSSR count). The number of hydrogen-bond donors (Lipinski definition) is 0. The molecule has 1 atom stereocenters. The molecule has 1 saturated carbocycles. The zero-order valence-corrected chi connectivity index (χ0v) is 13.5. The first-order valence-corrected chi connectivity index (χ1v) is 8.09. The van der Waals surface area contributed by atoms with E-state index < -0.39 is 5.82 Å². The third-order valence-electron chi connectivity index (χ3n) is 4.42. The van der Waals surface area contributed by atoms with Gasteiger partial charge < -0.3 is 9.42 Å². The molecule has 1 aliphatic heterocycles. The minimum atomic E-state index is -0.412. The van der Waals surface area contributed by atoms with E-state index in [2.05, 4.69) is 20.0 Å². The average Bonchev–Trinajstić information content (AvgIpc) is 3.26. The number of likely N-dealkylation sites (N-methyl/N-ethyl adjacent to an activating group) is 1. The normalized spacial score (nSPS) is 22.6. The second-order valence-corrected chi connectivity index (χ2v) is 6.60. The second-order valence-electron chi connectivity index (χ2n) is 6.17. The molecule has 2 aromatic heterocycles. The van der Waals surface area contributed by atoms with Crippen molar-refractivity contribution < 1.29 is 8.91 Å². The Morgan fingerprint density at radius 2 is 2.17 bits per heavy atom. The molecule has 1 saturated heterocycles. The van der Waals surface area contributed by atoms with Crippen LogP contribution in [0.4, 0.5) is 10.2 Å². The summed E-state index contributed by atoms with van der Waals surface area (Å²) in [6, 6.07) is 1.22. The third kappa shape index (κ3) is 2.90. The molecule has 2 aromatic rings. The van der Waals surface area contributed by atoms with E-state index in [4.69, 9.17) is 16.1 Å². The highest BCUT2D eigenvalue weighted by molar-refractivity contribution is 6.30. The van der Waals surface area contributed by atoms with Gasteiger partial charge in [0.1, 0.15) is 6.04 Å². The highest BCUT2D eigenvalue weighted by Gasteiger charge is 2.34. The fraction of sp³-hybridized carbons (Fsp3) is 0.533.